The highest BCUT2D eigenvalue weighted by atomic mass is 32.2. The van der Waals surface area contributed by atoms with Crippen LogP contribution in [0.4, 0.5) is 0 Å². The number of pyridine rings is 1. The van der Waals surface area contributed by atoms with Crippen molar-refractivity contribution in [3.8, 4) is 0 Å². The fourth-order valence-corrected chi connectivity index (χ4v) is 4.00. The molecule has 1 aliphatic heterocycles. The maximum Gasteiger partial charge on any atom is 0.328 e. The highest BCUT2D eigenvalue weighted by molar-refractivity contribution is 7.90. The number of esters is 1. The lowest BCUT2D eigenvalue weighted by Crippen LogP contribution is -2.48. The fourth-order valence-electron chi connectivity index (χ4n) is 3.22. The second-order valence-electron chi connectivity index (χ2n) is 6.23. The number of hydrogen-bond donors (Lipinski definition) is 0. The van der Waals surface area contributed by atoms with E-state index in [-0.39, 0.29) is 17.5 Å². The predicted molar refractivity (Wildman–Crippen MR) is 93.6 cm³/mol. The van der Waals surface area contributed by atoms with Gasteiger partial charge in [0.05, 0.1) is 12.1 Å². The van der Waals surface area contributed by atoms with Gasteiger partial charge in [-0.15, -0.1) is 0 Å². The number of likely N-dealkylation sites (tertiary alicyclic amines) is 1. The molecular weight excluding hydrogens is 358 g/mol. The van der Waals surface area contributed by atoms with Crippen LogP contribution in [0.2, 0.25) is 0 Å². The van der Waals surface area contributed by atoms with Crippen LogP contribution in [-0.2, 0) is 19.4 Å². The smallest absolute Gasteiger partial charge is 0.328 e. The summed E-state index contributed by atoms with van der Waals surface area (Å²) in [5, 5.41) is -0.193. The minimum Gasteiger partial charge on any atom is -0.464 e. The van der Waals surface area contributed by atoms with E-state index in [1.807, 2.05) is 0 Å². The molecule has 3 heterocycles. The Morgan fingerprint density at radius 2 is 2.08 bits per heavy atom. The van der Waals surface area contributed by atoms with E-state index >= 15 is 0 Å². The molecule has 1 fully saturated rings. The van der Waals surface area contributed by atoms with Gasteiger partial charge < -0.3 is 9.64 Å². The molecule has 0 bridgehead atoms. The van der Waals surface area contributed by atoms with Crippen LogP contribution in [0.1, 0.15) is 36.7 Å². The van der Waals surface area contributed by atoms with Crippen molar-refractivity contribution in [2.45, 2.75) is 37.4 Å². The molecule has 9 heteroatoms. The number of amides is 1. The Balaban J connectivity index is 2.05. The van der Waals surface area contributed by atoms with Crippen LogP contribution in [0.15, 0.2) is 29.6 Å². The standard InChI is InChI=1S/C17H21N3O5S/c1-3-25-16(22)13-9-5-6-10-19(13)15(21)14-12-8-4-7-11-20(12)17(18-14)26(2,23)24/h4,7-8,11,13H,3,5-6,9-10H2,1-2H3/t13-/m0/s1. The van der Waals surface area contributed by atoms with Gasteiger partial charge in [-0.2, -0.15) is 0 Å². The summed E-state index contributed by atoms with van der Waals surface area (Å²) in [4.78, 5) is 30.9. The van der Waals surface area contributed by atoms with E-state index in [1.54, 1.807) is 31.3 Å². The van der Waals surface area contributed by atoms with Gasteiger partial charge in [0.2, 0.25) is 15.0 Å². The number of imidazole rings is 1. The second-order valence-corrected chi connectivity index (χ2v) is 8.14. The van der Waals surface area contributed by atoms with Crippen molar-refractivity contribution in [3.63, 3.8) is 0 Å². The number of carbonyl (C=O) groups excluding carboxylic acids is 2. The highest BCUT2D eigenvalue weighted by Gasteiger charge is 2.36. The predicted octanol–water partition coefficient (Wildman–Crippen LogP) is 1.30. The average Bonchev–Trinajstić information content (AvgIpc) is 3.01. The minimum atomic E-state index is -3.62. The van der Waals surface area contributed by atoms with Gasteiger partial charge >= 0.3 is 5.97 Å². The summed E-state index contributed by atoms with van der Waals surface area (Å²) in [6.07, 6.45) is 4.72. The number of sulfone groups is 1. The summed E-state index contributed by atoms with van der Waals surface area (Å²) in [5.41, 5.74) is 0.424. The van der Waals surface area contributed by atoms with Crippen LogP contribution in [0.5, 0.6) is 0 Å². The lowest BCUT2D eigenvalue weighted by Gasteiger charge is -2.33. The molecule has 0 radical (unpaired) electrons. The van der Waals surface area contributed by atoms with Crippen molar-refractivity contribution in [2.75, 3.05) is 19.4 Å². The van der Waals surface area contributed by atoms with Crippen LogP contribution >= 0.6 is 0 Å². The Labute approximate surface area is 151 Å². The van der Waals surface area contributed by atoms with Gasteiger partial charge in [0.25, 0.3) is 5.91 Å². The highest BCUT2D eigenvalue weighted by Crippen LogP contribution is 2.24. The molecule has 1 aliphatic rings. The maximum atomic E-state index is 13.1. The van der Waals surface area contributed by atoms with Crippen molar-refractivity contribution in [2.24, 2.45) is 0 Å². The van der Waals surface area contributed by atoms with Gasteiger partial charge in [0, 0.05) is 19.0 Å². The molecule has 1 amide bonds. The van der Waals surface area contributed by atoms with Crippen LogP contribution < -0.4 is 0 Å². The zero-order chi connectivity index (χ0) is 18.9. The molecule has 1 atom stereocenters. The van der Waals surface area contributed by atoms with Gasteiger partial charge in [-0.25, -0.2) is 18.2 Å². The molecular formula is C17H21N3O5S. The Kier molecular flexibility index (Phi) is 4.99. The van der Waals surface area contributed by atoms with Crippen molar-refractivity contribution in [1.82, 2.24) is 14.3 Å². The number of hydrogen-bond acceptors (Lipinski definition) is 6. The number of carbonyl (C=O) groups is 2. The molecule has 26 heavy (non-hydrogen) atoms. The first-order valence-electron chi connectivity index (χ1n) is 8.49. The molecule has 0 saturated carbocycles. The summed E-state index contributed by atoms with van der Waals surface area (Å²) < 4.78 is 30.5. The summed E-state index contributed by atoms with van der Waals surface area (Å²) in [7, 11) is -3.62. The summed E-state index contributed by atoms with van der Waals surface area (Å²) in [6.45, 7) is 2.36. The number of ether oxygens (including phenoxy) is 1. The topological polar surface area (TPSA) is 98.0 Å². The quantitative estimate of drug-likeness (QED) is 0.743. The van der Waals surface area contributed by atoms with Crippen molar-refractivity contribution in [1.29, 1.82) is 0 Å². The normalized spacial score (nSPS) is 18.1. The van der Waals surface area contributed by atoms with E-state index in [4.69, 9.17) is 4.74 Å². The number of nitrogens with zero attached hydrogens (tertiary/aromatic N) is 3. The van der Waals surface area contributed by atoms with E-state index in [2.05, 4.69) is 4.98 Å². The van der Waals surface area contributed by atoms with Gasteiger partial charge in [-0.3, -0.25) is 9.20 Å². The lowest BCUT2D eigenvalue weighted by atomic mass is 10.0. The maximum absolute atomic E-state index is 13.1. The monoisotopic (exact) mass is 379 g/mol. The van der Waals surface area contributed by atoms with E-state index in [9.17, 15) is 18.0 Å². The minimum absolute atomic E-state index is 0.0298. The third kappa shape index (κ3) is 3.31. The first-order chi connectivity index (χ1) is 12.3. The SMILES string of the molecule is CCOC(=O)[C@@H]1CCCCN1C(=O)c1nc(S(C)(=O)=O)n2ccccc12. The van der Waals surface area contributed by atoms with Crippen molar-refractivity contribution >= 4 is 27.2 Å². The molecule has 0 unspecified atom stereocenters. The lowest BCUT2D eigenvalue weighted by molar-refractivity contribution is -0.149. The molecule has 0 aromatic carbocycles. The number of piperidine rings is 1. The van der Waals surface area contributed by atoms with Crippen LogP contribution in [0.25, 0.3) is 5.52 Å². The molecule has 2 aromatic rings. The first-order valence-corrected chi connectivity index (χ1v) is 10.4. The summed E-state index contributed by atoms with van der Waals surface area (Å²) in [5.74, 6) is -0.895. The third-order valence-corrected chi connectivity index (χ3v) is 5.32. The van der Waals surface area contributed by atoms with Crippen molar-refractivity contribution in [3.05, 3.63) is 30.1 Å². The molecule has 0 aliphatic carbocycles. The Morgan fingerprint density at radius 3 is 2.77 bits per heavy atom. The Morgan fingerprint density at radius 1 is 1.31 bits per heavy atom. The molecule has 8 nitrogen and oxygen atoms in total. The van der Waals surface area contributed by atoms with Crippen LogP contribution in [0, 0.1) is 0 Å². The zero-order valence-electron chi connectivity index (χ0n) is 14.7. The second kappa shape index (κ2) is 7.06. The molecule has 0 spiro atoms. The largest absolute Gasteiger partial charge is 0.464 e. The number of rotatable bonds is 4. The summed E-state index contributed by atoms with van der Waals surface area (Å²) in [6, 6.07) is 4.34. The number of aromatic nitrogens is 2. The van der Waals surface area contributed by atoms with Crippen molar-refractivity contribution < 1.29 is 22.7 Å². The molecule has 1 saturated heterocycles. The van der Waals surface area contributed by atoms with E-state index in [1.165, 1.54) is 9.30 Å². The third-order valence-electron chi connectivity index (χ3n) is 4.37. The number of fused-ring (bicyclic) bond motifs is 1. The van der Waals surface area contributed by atoms with E-state index < -0.39 is 27.8 Å². The Hall–Kier alpha value is -2.42. The van der Waals surface area contributed by atoms with Gasteiger partial charge in [0.1, 0.15) is 6.04 Å². The van der Waals surface area contributed by atoms with Crippen LogP contribution in [0.3, 0.4) is 0 Å². The average molecular weight is 379 g/mol. The Bertz CT molecular complexity index is 950. The van der Waals surface area contributed by atoms with Gasteiger partial charge in [-0.05, 0) is 38.3 Å². The first kappa shape index (κ1) is 18.4. The molecule has 140 valence electrons. The molecule has 0 N–H and O–H groups in total. The van der Waals surface area contributed by atoms with Crippen LogP contribution in [-0.4, -0.2) is 60.0 Å². The summed E-state index contributed by atoms with van der Waals surface area (Å²) >= 11 is 0. The zero-order valence-corrected chi connectivity index (χ0v) is 15.5. The fraction of sp³-hybridized carbons (Fsp3) is 0.471. The van der Waals surface area contributed by atoms with E-state index in [0.29, 0.717) is 18.5 Å². The van der Waals surface area contributed by atoms with Gasteiger partial charge in [0.15, 0.2) is 5.69 Å². The van der Waals surface area contributed by atoms with Gasteiger partial charge in [-0.1, -0.05) is 6.07 Å². The molecule has 2 aromatic heterocycles. The van der Waals surface area contributed by atoms with E-state index in [0.717, 1.165) is 19.1 Å². The molecule has 3 rings (SSSR count).